The third-order valence-electron chi connectivity index (χ3n) is 13.0. The number of fused-ring (bicyclic) bond motifs is 1. The molecule has 6 aromatic rings. The summed E-state index contributed by atoms with van der Waals surface area (Å²) in [5.41, 5.74) is 2.70. The lowest BCUT2D eigenvalue weighted by atomic mass is 9.49. The summed E-state index contributed by atoms with van der Waals surface area (Å²) in [5, 5.41) is 24.4. The highest BCUT2D eigenvalue weighted by atomic mass is 35.5. The Bertz CT molecular complexity index is 2740. The molecule has 4 aromatic heterocycles. The number of aryl methyl sites for hydroxylation is 2. The van der Waals surface area contributed by atoms with Crippen LogP contribution in [0.4, 0.5) is 5.95 Å². The van der Waals surface area contributed by atoms with Crippen molar-refractivity contribution in [3.05, 3.63) is 123 Å². The number of piperidine rings is 1. The number of hydrogen-bond acceptors (Lipinski definition) is 10. The van der Waals surface area contributed by atoms with Crippen LogP contribution in [-0.2, 0) is 19.1 Å². The Hall–Kier alpha value is -6.23. The zero-order valence-electron chi connectivity index (χ0n) is 36.7. The number of aliphatic hydroxyl groups is 1. The van der Waals surface area contributed by atoms with Gasteiger partial charge in [-0.25, -0.2) is 15.0 Å². The highest BCUT2D eigenvalue weighted by Gasteiger charge is 2.64. The summed E-state index contributed by atoms with van der Waals surface area (Å²) in [6.07, 6.45) is 12.3. The molecule has 0 radical (unpaired) electrons. The van der Waals surface area contributed by atoms with Gasteiger partial charge in [-0.15, -0.1) is 0 Å². The molecule has 13 nitrogen and oxygen atoms in total. The summed E-state index contributed by atoms with van der Waals surface area (Å²) < 4.78 is 14.3. The van der Waals surface area contributed by atoms with Crippen LogP contribution in [0.1, 0.15) is 87.9 Å². The molecule has 2 fully saturated rings. The number of aromatic amines is 1. The summed E-state index contributed by atoms with van der Waals surface area (Å²) in [6, 6.07) is 18.4. The molecule has 326 valence electrons. The fraction of sp³-hybridized carbons (Fsp3) is 0.388. The van der Waals surface area contributed by atoms with Crippen molar-refractivity contribution in [1.29, 1.82) is 5.26 Å². The molecule has 1 aliphatic heterocycles. The maximum absolute atomic E-state index is 13.5. The number of nitrogens with zero attached hydrogens (tertiary/aromatic N) is 6. The minimum Gasteiger partial charge on any atom is -0.489 e. The number of amides is 1. The predicted octanol–water partition coefficient (Wildman–Crippen LogP) is 8.72. The van der Waals surface area contributed by atoms with Crippen LogP contribution < -0.4 is 25.2 Å². The molecule has 1 saturated carbocycles. The number of rotatable bonds is 12. The second kappa shape index (κ2) is 16.8. The van der Waals surface area contributed by atoms with Gasteiger partial charge in [-0.05, 0) is 86.9 Å². The van der Waals surface area contributed by atoms with Crippen molar-refractivity contribution in [2.75, 3.05) is 18.0 Å². The van der Waals surface area contributed by atoms with E-state index >= 15 is 0 Å². The van der Waals surface area contributed by atoms with Crippen LogP contribution in [0.15, 0.2) is 90.4 Å². The number of benzene rings is 2. The number of carbonyl (C=O) groups excluding carboxylic acids is 1. The number of pyridine rings is 2. The van der Waals surface area contributed by atoms with Gasteiger partial charge in [0.1, 0.15) is 29.2 Å². The quantitative estimate of drug-likeness (QED) is 0.108. The van der Waals surface area contributed by atoms with Gasteiger partial charge in [0.2, 0.25) is 11.8 Å². The molecule has 0 bridgehead atoms. The van der Waals surface area contributed by atoms with E-state index in [-0.39, 0.29) is 34.4 Å². The second-order valence-electron chi connectivity index (χ2n) is 18.6. The Balaban J connectivity index is 0.835. The third kappa shape index (κ3) is 8.62. The summed E-state index contributed by atoms with van der Waals surface area (Å²) in [4.78, 5) is 45.4. The SMILES string of the molecule is Cn1cc(-c2cc(C(C)(C)O)ccc2Oc2ccc(CCC3CCN(c4ncc(C(=O)NC5C(C)(C)C(Oc6ccc(C#N)c(Cl)c6)C5(C)C)cn4)CC3)cn2)c2cc[nH]c2c1=O. The second-order valence-corrected chi connectivity index (χ2v) is 19.1. The first kappa shape index (κ1) is 43.4. The first-order valence-electron chi connectivity index (χ1n) is 21.3. The average Bonchev–Trinajstić information content (AvgIpc) is 3.76. The Morgan fingerprint density at radius 1 is 1.00 bits per heavy atom. The normalized spacial score (nSPS) is 18.4. The summed E-state index contributed by atoms with van der Waals surface area (Å²) >= 11 is 6.25. The number of anilines is 1. The van der Waals surface area contributed by atoms with E-state index in [4.69, 9.17) is 21.1 Å². The zero-order valence-corrected chi connectivity index (χ0v) is 37.5. The van der Waals surface area contributed by atoms with Gasteiger partial charge in [-0.2, -0.15) is 5.26 Å². The first-order valence-corrected chi connectivity index (χ1v) is 21.7. The minimum absolute atomic E-state index is 0.125. The van der Waals surface area contributed by atoms with Gasteiger partial charge in [0.05, 0.1) is 21.8 Å². The lowest BCUT2D eigenvalue weighted by Crippen LogP contribution is -2.74. The van der Waals surface area contributed by atoms with Crippen LogP contribution in [0.5, 0.6) is 17.4 Å². The largest absolute Gasteiger partial charge is 0.489 e. The molecule has 8 rings (SSSR count). The fourth-order valence-electron chi connectivity index (χ4n) is 9.63. The molecule has 2 aromatic carbocycles. The Kier molecular flexibility index (Phi) is 11.6. The number of hydrogen-bond donors (Lipinski definition) is 3. The van der Waals surface area contributed by atoms with E-state index in [0.717, 1.165) is 66.4 Å². The van der Waals surface area contributed by atoms with Gasteiger partial charge in [-0.1, -0.05) is 51.4 Å². The van der Waals surface area contributed by atoms with Crippen molar-refractivity contribution >= 4 is 34.4 Å². The molecule has 1 saturated heterocycles. The van der Waals surface area contributed by atoms with Crippen molar-refractivity contribution in [2.45, 2.75) is 85.0 Å². The smallest absolute Gasteiger partial charge is 0.274 e. The Morgan fingerprint density at radius 2 is 1.73 bits per heavy atom. The van der Waals surface area contributed by atoms with Gasteiger partial charge in [0, 0.05) is 96.6 Å². The Labute approximate surface area is 372 Å². The van der Waals surface area contributed by atoms with Crippen LogP contribution >= 0.6 is 11.6 Å². The van der Waals surface area contributed by atoms with Crippen molar-refractivity contribution in [3.8, 4) is 34.6 Å². The van der Waals surface area contributed by atoms with Gasteiger partial charge in [0.15, 0.2) is 0 Å². The van der Waals surface area contributed by atoms with E-state index in [9.17, 15) is 20.0 Å². The number of nitriles is 1. The topological polar surface area (TPSA) is 171 Å². The van der Waals surface area contributed by atoms with E-state index in [0.29, 0.717) is 50.9 Å². The molecule has 1 aliphatic carbocycles. The molecule has 0 unspecified atom stereocenters. The maximum atomic E-state index is 13.5. The average molecular weight is 869 g/mol. The van der Waals surface area contributed by atoms with E-state index in [1.54, 1.807) is 68.4 Å². The lowest BCUT2D eigenvalue weighted by molar-refractivity contribution is -0.164. The number of H-pyrrole nitrogens is 1. The minimum atomic E-state index is -1.08. The number of aromatic nitrogens is 5. The molecule has 0 atom stereocenters. The van der Waals surface area contributed by atoms with Crippen LogP contribution in [-0.4, -0.2) is 60.8 Å². The lowest BCUT2D eigenvalue weighted by Gasteiger charge is -2.63. The summed E-state index contributed by atoms with van der Waals surface area (Å²) in [5.74, 6) is 2.53. The van der Waals surface area contributed by atoms with E-state index < -0.39 is 5.60 Å². The van der Waals surface area contributed by atoms with E-state index in [2.05, 4.69) is 70.0 Å². The van der Waals surface area contributed by atoms with Crippen molar-refractivity contribution < 1.29 is 19.4 Å². The zero-order chi connectivity index (χ0) is 44.8. The molecule has 2 aliphatic rings. The first-order chi connectivity index (χ1) is 29.9. The maximum Gasteiger partial charge on any atom is 0.274 e. The molecule has 14 heteroatoms. The molecule has 0 spiro atoms. The number of nitrogens with one attached hydrogen (secondary N) is 2. The van der Waals surface area contributed by atoms with Gasteiger partial charge in [0.25, 0.3) is 11.5 Å². The molecule has 3 N–H and O–H groups in total. The predicted molar refractivity (Wildman–Crippen MR) is 243 cm³/mol. The van der Waals surface area contributed by atoms with Crippen LogP contribution in [0.2, 0.25) is 5.02 Å². The third-order valence-corrected chi connectivity index (χ3v) is 13.3. The van der Waals surface area contributed by atoms with Crippen LogP contribution in [0.3, 0.4) is 0 Å². The van der Waals surface area contributed by atoms with E-state index in [1.165, 1.54) is 0 Å². The number of halogens is 1. The Morgan fingerprint density at radius 3 is 2.38 bits per heavy atom. The highest BCUT2D eigenvalue weighted by Crippen LogP contribution is 2.55. The van der Waals surface area contributed by atoms with Crippen LogP contribution in [0.25, 0.3) is 22.0 Å². The molecular weight excluding hydrogens is 816 g/mol. The van der Waals surface area contributed by atoms with Crippen molar-refractivity contribution in [2.24, 2.45) is 23.8 Å². The molecule has 1 amide bonds. The van der Waals surface area contributed by atoms with Gasteiger partial charge >= 0.3 is 0 Å². The highest BCUT2D eigenvalue weighted by molar-refractivity contribution is 6.31. The number of ether oxygens (including phenoxy) is 2. The fourth-order valence-corrected chi connectivity index (χ4v) is 9.84. The van der Waals surface area contributed by atoms with Crippen LogP contribution in [0, 0.1) is 28.1 Å². The van der Waals surface area contributed by atoms with E-state index in [1.807, 2.05) is 36.5 Å². The molecule has 5 heterocycles. The molecular formula is C49H53ClN8O5. The van der Waals surface area contributed by atoms with Crippen molar-refractivity contribution in [3.63, 3.8) is 0 Å². The van der Waals surface area contributed by atoms with Crippen molar-refractivity contribution in [1.82, 2.24) is 29.8 Å². The monoisotopic (exact) mass is 868 g/mol. The standard InChI is InChI=1S/C49H53ClN8O5/c1-47(2)44(48(3,4)45(47)62-34-13-11-31(24-51)38(50)23-34)56-42(59)32-26-54-46(55-27-32)58-20-17-29(18-21-58)8-9-30-10-15-40(53-25-30)63-39-14-12-33(49(5,6)61)22-36(39)37-28-57(7)43(60)41-35(37)16-19-52-41/h10-16,19,22-23,25-29,44-45,52,61H,8-9,17-18,20-21H2,1-7H3,(H,56,59). The summed E-state index contributed by atoms with van der Waals surface area (Å²) in [7, 11) is 1.72. The van der Waals surface area contributed by atoms with Gasteiger partial charge < -0.3 is 34.3 Å². The van der Waals surface area contributed by atoms with Gasteiger partial charge in [-0.3, -0.25) is 9.59 Å². The summed E-state index contributed by atoms with van der Waals surface area (Å²) in [6.45, 7) is 13.4. The molecule has 63 heavy (non-hydrogen) atoms. The number of carbonyl (C=O) groups is 1.